The molecule has 0 fully saturated rings. The van der Waals surface area contributed by atoms with Gasteiger partial charge in [-0.05, 0) is 32.0 Å². The van der Waals surface area contributed by atoms with Crippen LogP contribution in [0.2, 0.25) is 0 Å². The predicted molar refractivity (Wildman–Crippen MR) is 81.2 cm³/mol. The lowest BCUT2D eigenvalue weighted by Gasteiger charge is -2.22. The quantitative estimate of drug-likeness (QED) is 0.640. The van der Waals surface area contributed by atoms with Crippen LogP contribution in [0.5, 0.6) is 0 Å². The van der Waals surface area contributed by atoms with E-state index >= 15 is 0 Å². The van der Waals surface area contributed by atoms with Crippen molar-refractivity contribution in [1.82, 2.24) is 0 Å². The Bertz CT molecular complexity index is 470. The molecule has 1 aromatic carbocycles. The van der Waals surface area contributed by atoms with E-state index in [1.807, 2.05) is 38.9 Å². The Kier molecular flexibility index (Phi) is 5.39. The number of carbonyl (C=O) groups is 1. The number of nitrogen functional groups attached to an aromatic ring is 1. The molecule has 5 nitrogen and oxygen atoms in total. The Morgan fingerprint density at radius 1 is 1.35 bits per heavy atom. The zero-order valence-corrected chi connectivity index (χ0v) is 12.9. The van der Waals surface area contributed by atoms with Gasteiger partial charge in [0.25, 0.3) is 0 Å². The molecular weight excluding hydrogens is 256 g/mol. The van der Waals surface area contributed by atoms with E-state index in [0.717, 1.165) is 5.69 Å². The molecule has 2 N–H and O–H groups in total. The fourth-order valence-electron chi connectivity index (χ4n) is 1.68. The summed E-state index contributed by atoms with van der Waals surface area (Å²) in [6, 6.07) is 5.21. The molecule has 0 radical (unpaired) electrons. The van der Waals surface area contributed by atoms with Crippen LogP contribution in [-0.4, -0.2) is 39.4 Å². The van der Waals surface area contributed by atoms with Gasteiger partial charge in [-0.1, -0.05) is 0 Å². The third-order valence-electron chi connectivity index (χ3n) is 3.21. The molecule has 0 atom stereocenters. The maximum absolute atomic E-state index is 12.2. The van der Waals surface area contributed by atoms with Gasteiger partial charge in [0.1, 0.15) is 0 Å². The van der Waals surface area contributed by atoms with Crippen molar-refractivity contribution in [1.29, 1.82) is 0 Å². The van der Waals surface area contributed by atoms with E-state index in [-0.39, 0.29) is 11.6 Å². The molecule has 1 aromatic rings. The van der Waals surface area contributed by atoms with Gasteiger partial charge < -0.3 is 20.1 Å². The maximum Gasteiger partial charge on any atom is 0.340 e. The summed E-state index contributed by atoms with van der Waals surface area (Å²) in [6.07, 6.45) is 0.634. The van der Waals surface area contributed by atoms with E-state index in [9.17, 15) is 4.79 Å². The summed E-state index contributed by atoms with van der Waals surface area (Å²) in [7, 11) is 5.39. The summed E-state index contributed by atoms with van der Waals surface area (Å²) < 4.78 is 10.6. The topological polar surface area (TPSA) is 64.8 Å². The lowest BCUT2D eigenvalue weighted by Crippen LogP contribution is -2.25. The van der Waals surface area contributed by atoms with Crippen molar-refractivity contribution < 1.29 is 14.3 Å². The maximum atomic E-state index is 12.2. The average Bonchev–Trinajstić information content (AvgIpc) is 2.37. The minimum atomic E-state index is -0.368. The normalized spacial score (nSPS) is 11.2. The Morgan fingerprint density at radius 2 is 2.00 bits per heavy atom. The number of hydrogen-bond donors (Lipinski definition) is 1. The van der Waals surface area contributed by atoms with Crippen molar-refractivity contribution in [3.05, 3.63) is 23.8 Å². The second-order valence-electron chi connectivity index (χ2n) is 5.52. The van der Waals surface area contributed by atoms with Crippen LogP contribution in [0, 0.1) is 0 Å². The molecule has 0 bridgehead atoms. The summed E-state index contributed by atoms with van der Waals surface area (Å²) in [5.74, 6) is -0.368. The van der Waals surface area contributed by atoms with Gasteiger partial charge in [0, 0.05) is 33.3 Å². The molecule has 0 amide bonds. The minimum absolute atomic E-state index is 0.305. The molecule has 1 rings (SSSR count). The number of anilines is 2. The van der Waals surface area contributed by atoms with Gasteiger partial charge in [-0.15, -0.1) is 0 Å². The monoisotopic (exact) mass is 280 g/mol. The lowest BCUT2D eigenvalue weighted by atomic mass is 10.1. The van der Waals surface area contributed by atoms with Crippen LogP contribution in [-0.2, 0) is 9.47 Å². The molecule has 0 heterocycles. The molecule has 5 heteroatoms. The van der Waals surface area contributed by atoms with Gasteiger partial charge in [0.15, 0.2) is 0 Å². The highest BCUT2D eigenvalue weighted by molar-refractivity contribution is 5.96. The summed E-state index contributed by atoms with van der Waals surface area (Å²) in [6.45, 7) is 4.21. The highest BCUT2D eigenvalue weighted by Gasteiger charge is 2.19. The molecule has 0 aliphatic heterocycles. The predicted octanol–water partition coefficient (Wildman–Crippen LogP) is 2.31. The molecule has 0 aliphatic rings. The van der Waals surface area contributed by atoms with E-state index in [4.69, 9.17) is 15.2 Å². The van der Waals surface area contributed by atoms with Gasteiger partial charge in [-0.2, -0.15) is 0 Å². The summed E-state index contributed by atoms with van der Waals surface area (Å²) in [5.41, 5.74) is 7.24. The molecule has 20 heavy (non-hydrogen) atoms. The fraction of sp³-hybridized carbons (Fsp3) is 0.533. The van der Waals surface area contributed by atoms with E-state index in [2.05, 4.69) is 0 Å². The smallest absolute Gasteiger partial charge is 0.340 e. The second kappa shape index (κ2) is 6.61. The first-order valence-electron chi connectivity index (χ1n) is 6.56. The third-order valence-corrected chi connectivity index (χ3v) is 3.21. The number of nitrogens with zero attached hydrogens (tertiary/aromatic N) is 1. The van der Waals surface area contributed by atoms with Crippen LogP contribution < -0.4 is 10.6 Å². The zero-order valence-electron chi connectivity index (χ0n) is 12.9. The molecule has 0 saturated heterocycles. The fourth-order valence-corrected chi connectivity index (χ4v) is 1.68. The van der Waals surface area contributed by atoms with Crippen LogP contribution >= 0.6 is 0 Å². The largest absolute Gasteiger partial charge is 0.462 e. The number of methoxy groups -OCH3 is 1. The van der Waals surface area contributed by atoms with Crippen molar-refractivity contribution in [2.45, 2.75) is 25.9 Å². The van der Waals surface area contributed by atoms with E-state index in [1.54, 1.807) is 19.2 Å². The molecule has 112 valence electrons. The van der Waals surface area contributed by atoms with Crippen molar-refractivity contribution >= 4 is 17.3 Å². The zero-order chi connectivity index (χ0) is 15.3. The number of carbonyl (C=O) groups excluding carboxylic acids is 1. The van der Waals surface area contributed by atoms with Crippen LogP contribution in [0.4, 0.5) is 11.4 Å². The van der Waals surface area contributed by atoms with E-state index in [0.29, 0.717) is 24.3 Å². The molecule has 0 aromatic heterocycles. The van der Waals surface area contributed by atoms with E-state index in [1.165, 1.54) is 0 Å². The number of benzene rings is 1. The number of ether oxygens (including phenoxy) is 2. The number of hydrogen-bond acceptors (Lipinski definition) is 5. The van der Waals surface area contributed by atoms with Gasteiger partial charge in [0.2, 0.25) is 0 Å². The first kappa shape index (κ1) is 16.3. The molecule has 0 aliphatic carbocycles. The van der Waals surface area contributed by atoms with Crippen molar-refractivity contribution in [2.24, 2.45) is 0 Å². The minimum Gasteiger partial charge on any atom is -0.462 e. The Balaban J connectivity index is 2.75. The van der Waals surface area contributed by atoms with Crippen LogP contribution in [0.3, 0.4) is 0 Å². The van der Waals surface area contributed by atoms with E-state index < -0.39 is 0 Å². The van der Waals surface area contributed by atoms with Gasteiger partial charge in [-0.25, -0.2) is 4.79 Å². The Morgan fingerprint density at radius 3 is 2.55 bits per heavy atom. The van der Waals surface area contributed by atoms with Gasteiger partial charge in [-0.3, -0.25) is 0 Å². The lowest BCUT2D eigenvalue weighted by molar-refractivity contribution is -0.00561. The molecule has 0 saturated carbocycles. The van der Waals surface area contributed by atoms with Crippen LogP contribution in [0.1, 0.15) is 30.6 Å². The highest BCUT2D eigenvalue weighted by atomic mass is 16.5. The standard InChI is InChI=1S/C15H24N2O3/c1-15(2,19-5)8-9-20-14(18)12-10-11(16)6-7-13(12)17(3)4/h6-7,10H,8-9,16H2,1-5H3. The van der Waals surface area contributed by atoms with Crippen molar-refractivity contribution in [3.8, 4) is 0 Å². The first-order valence-corrected chi connectivity index (χ1v) is 6.56. The van der Waals surface area contributed by atoms with Crippen molar-refractivity contribution in [3.63, 3.8) is 0 Å². The molecule has 0 unspecified atom stereocenters. The van der Waals surface area contributed by atoms with Crippen LogP contribution in [0.15, 0.2) is 18.2 Å². The second-order valence-corrected chi connectivity index (χ2v) is 5.52. The highest BCUT2D eigenvalue weighted by Crippen LogP contribution is 2.22. The summed E-state index contributed by atoms with van der Waals surface area (Å²) in [4.78, 5) is 14.0. The van der Waals surface area contributed by atoms with Crippen molar-refractivity contribution in [2.75, 3.05) is 38.4 Å². The molecule has 0 spiro atoms. The number of esters is 1. The van der Waals surface area contributed by atoms with Gasteiger partial charge in [0.05, 0.1) is 23.5 Å². The van der Waals surface area contributed by atoms with Crippen LogP contribution in [0.25, 0.3) is 0 Å². The first-order chi connectivity index (χ1) is 9.26. The summed E-state index contributed by atoms with van der Waals surface area (Å²) >= 11 is 0. The average molecular weight is 280 g/mol. The van der Waals surface area contributed by atoms with Gasteiger partial charge >= 0.3 is 5.97 Å². The third kappa shape index (κ3) is 4.42. The SMILES string of the molecule is COC(C)(C)CCOC(=O)c1cc(N)ccc1N(C)C. The summed E-state index contributed by atoms with van der Waals surface area (Å²) in [5, 5.41) is 0. The number of nitrogens with two attached hydrogens (primary N) is 1. The number of rotatable bonds is 6. The Labute approximate surface area is 120 Å². The molecular formula is C15H24N2O3. The Hall–Kier alpha value is -1.75.